The summed E-state index contributed by atoms with van der Waals surface area (Å²) in [4.78, 5) is 16.2. The van der Waals surface area contributed by atoms with Crippen LogP contribution in [-0.4, -0.2) is 16.1 Å². The zero-order valence-electron chi connectivity index (χ0n) is 14.1. The maximum absolute atomic E-state index is 12.1. The Hall–Kier alpha value is -3.15. The van der Waals surface area contributed by atoms with E-state index in [4.69, 9.17) is 14.0 Å². The predicted octanol–water partition coefficient (Wildman–Crippen LogP) is 3.74. The van der Waals surface area contributed by atoms with Gasteiger partial charge in [0, 0.05) is 0 Å². The van der Waals surface area contributed by atoms with Crippen molar-refractivity contribution < 1.29 is 18.8 Å². The highest BCUT2D eigenvalue weighted by atomic mass is 16.5. The van der Waals surface area contributed by atoms with Crippen LogP contribution in [0, 0.1) is 6.92 Å². The van der Waals surface area contributed by atoms with Crippen molar-refractivity contribution in [2.45, 2.75) is 26.9 Å². The fourth-order valence-electron chi connectivity index (χ4n) is 2.19. The van der Waals surface area contributed by atoms with Crippen molar-refractivity contribution in [3.05, 3.63) is 71.4 Å². The summed E-state index contributed by atoms with van der Waals surface area (Å²) in [5, 5.41) is 3.69. The van der Waals surface area contributed by atoms with Gasteiger partial charge in [-0.15, -0.1) is 0 Å². The molecule has 1 aromatic heterocycles. The van der Waals surface area contributed by atoms with E-state index in [0.29, 0.717) is 28.8 Å². The van der Waals surface area contributed by atoms with Crippen molar-refractivity contribution in [2.24, 2.45) is 0 Å². The van der Waals surface area contributed by atoms with Crippen LogP contribution in [0.25, 0.3) is 0 Å². The molecule has 0 saturated heterocycles. The highest BCUT2D eigenvalue weighted by Gasteiger charge is 2.09. The molecule has 6 heteroatoms. The minimum Gasteiger partial charge on any atom is -0.484 e. The summed E-state index contributed by atoms with van der Waals surface area (Å²) in [7, 11) is 0. The van der Waals surface area contributed by atoms with Crippen LogP contribution in [0.4, 0.5) is 0 Å². The number of nitrogens with zero attached hydrogens (tertiary/aromatic N) is 2. The van der Waals surface area contributed by atoms with Gasteiger partial charge >= 0.3 is 5.97 Å². The molecule has 0 aliphatic rings. The van der Waals surface area contributed by atoms with Gasteiger partial charge in [-0.2, -0.15) is 4.98 Å². The smallest absolute Gasteiger partial charge is 0.343 e. The summed E-state index contributed by atoms with van der Waals surface area (Å²) >= 11 is 0. The van der Waals surface area contributed by atoms with E-state index in [-0.39, 0.29) is 6.61 Å². The number of hydrogen-bond acceptors (Lipinski definition) is 6. The Morgan fingerprint density at radius 3 is 2.32 bits per heavy atom. The topological polar surface area (TPSA) is 74.5 Å². The van der Waals surface area contributed by atoms with Crippen LogP contribution in [0.5, 0.6) is 11.5 Å². The molecule has 0 amide bonds. The molecule has 1 heterocycles. The van der Waals surface area contributed by atoms with Gasteiger partial charge in [-0.25, -0.2) is 4.79 Å². The predicted molar refractivity (Wildman–Crippen MR) is 90.6 cm³/mol. The van der Waals surface area contributed by atoms with Crippen LogP contribution in [0.3, 0.4) is 0 Å². The number of aromatic nitrogens is 2. The average molecular weight is 338 g/mol. The molecule has 0 aliphatic heterocycles. The summed E-state index contributed by atoms with van der Waals surface area (Å²) < 4.78 is 15.9. The molecule has 25 heavy (non-hydrogen) atoms. The van der Waals surface area contributed by atoms with Gasteiger partial charge in [0.2, 0.25) is 0 Å². The molecule has 0 bridgehead atoms. The number of esters is 1. The van der Waals surface area contributed by atoms with Crippen molar-refractivity contribution in [3.63, 3.8) is 0 Å². The van der Waals surface area contributed by atoms with Gasteiger partial charge < -0.3 is 14.0 Å². The van der Waals surface area contributed by atoms with Crippen LogP contribution >= 0.6 is 0 Å². The third kappa shape index (κ3) is 4.44. The summed E-state index contributed by atoms with van der Waals surface area (Å²) in [6.45, 7) is 3.99. The first-order valence-electron chi connectivity index (χ1n) is 7.97. The van der Waals surface area contributed by atoms with Crippen LogP contribution in [0.1, 0.15) is 34.6 Å². The van der Waals surface area contributed by atoms with Crippen LogP contribution in [0.2, 0.25) is 0 Å². The molecule has 0 fully saturated rings. The fourth-order valence-corrected chi connectivity index (χ4v) is 2.19. The van der Waals surface area contributed by atoms with E-state index in [1.807, 2.05) is 12.1 Å². The number of benzene rings is 2. The molecule has 0 saturated carbocycles. The Balaban J connectivity index is 1.57. The quantitative estimate of drug-likeness (QED) is 0.503. The van der Waals surface area contributed by atoms with Gasteiger partial charge in [0.05, 0.1) is 5.56 Å². The van der Waals surface area contributed by atoms with Gasteiger partial charge in [-0.05, 0) is 55.3 Å². The van der Waals surface area contributed by atoms with Gasteiger partial charge in [0.15, 0.2) is 12.4 Å². The lowest BCUT2D eigenvalue weighted by Gasteiger charge is -2.07. The van der Waals surface area contributed by atoms with Gasteiger partial charge in [0.25, 0.3) is 5.89 Å². The Bertz CT molecular complexity index is 839. The Morgan fingerprint density at radius 2 is 1.72 bits per heavy atom. The molecular weight excluding hydrogens is 320 g/mol. The molecule has 2 aromatic carbocycles. The second kappa shape index (κ2) is 7.61. The zero-order chi connectivity index (χ0) is 17.6. The number of hydrogen-bond donors (Lipinski definition) is 0. The minimum absolute atomic E-state index is 0.184. The standard InChI is InChI=1S/C19H18N2O4/c1-3-14-4-6-15(7-5-14)19(22)24-17-10-8-16(9-11-17)23-12-18-20-13(2)21-25-18/h4-11H,3,12H2,1-2H3. The third-order valence-corrected chi connectivity index (χ3v) is 3.56. The molecule has 3 rings (SSSR count). The lowest BCUT2D eigenvalue weighted by molar-refractivity contribution is 0.0734. The summed E-state index contributed by atoms with van der Waals surface area (Å²) in [6, 6.07) is 14.2. The van der Waals surface area contributed by atoms with Crippen molar-refractivity contribution in [1.29, 1.82) is 0 Å². The lowest BCUT2D eigenvalue weighted by atomic mass is 10.1. The Labute approximate surface area is 145 Å². The lowest BCUT2D eigenvalue weighted by Crippen LogP contribution is -2.08. The first-order chi connectivity index (χ1) is 12.1. The number of rotatable bonds is 6. The first-order valence-corrected chi connectivity index (χ1v) is 7.97. The molecule has 6 nitrogen and oxygen atoms in total. The molecule has 0 atom stereocenters. The van der Waals surface area contributed by atoms with E-state index in [0.717, 1.165) is 6.42 Å². The molecule has 128 valence electrons. The van der Waals surface area contributed by atoms with Crippen LogP contribution in [0.15, 0.2) is 53.1 Å². The SMILES string of the molecule is CCc1ccc(C(=O)Oc2ccc(OCc3nc(C)no3)cc2)cc1. The summed E-state index contributed by atoms with van der Waals surface area (Å²) in [5.74, 6) is 1.64. The number of carbonyl (C=O) groups is 1. The van der Waals surface area contributed by atoms with Crippen molar-refractivity contribution in [1.82, 2.24) is 10.1 Å². The first kappa shape index (κ1) is 16.7. The number of ether oxygens (including phenoxy) is 2. The Kier molecular flexibility index (Phi) is 5.09. The highest BCUT2D eigenvalue weighted by Crippen LogP contribution is 2.19. The molecule has 0 radical (unpaired) electrons. The zero-order valence-corrected chi connectivity index (χ0v) is 14.1. The van der Waals surface area contributed by atoms with Gasteiger partial charge in [0.1, 0.15) is 11.5 Å². The van der Waals surface area contributed by atoms with Gasteiger partial charge in [-0.3, -0.25) is 0 Å². The maximum atomic E-state index is 12.1. The van der Waals surface area contributed by atoms with E-state index in [1.54, 1.807) is 43.3 Å². The number of carbonyl (C=O) groups excluding carboxylic acids is 1. The third-order valence-electron chi connectivity index (χ3n) is 3.56. The average Bonchev–Trinajstić information content (AvgIpc) is 3.06. The van der Waals surface area contributed by atoms with E-state index in [2.05, 4.69) is 17.1 Å². The summed E-state index contributed by atoms with van der Waals surface area (Å²) in [5.41, 5.74) is 1.69. The van der Waals surface area contributed by atoms with E-state index in [9.17, 15) is 4.79 Å². The van der Waals surface area contributed by atoms with E-state index in [1.165, 1.54) is 5.56 Å². The Morgan fingerprint density at radius 1 is 1.04 bits per heavy atom. The molecule has 0 unspecified atom stereocenters. The van der Waals surface area contributed by atoms with Crippen molar-refractivity contribution in [2.75, 3.05) is 0 Å². The van der Waals surface area contributed by atoms with Crippen LogP contribution in [-0.2, 0) is 13.0 Å². The van der Waals surface area contributed by atoms with Crippen molar-refractivity contribution in [3.8, 4) is 11.5 Å². The summed E-state index contributed by atoms with van der Waals surface area (Å²) in [6.07, 6.45) is 0.931. The highest BCUT2D eigenvalue weighted by molar-refractivity contribution is 5.91. The van der Waals surface area contributed by atoms with Crippen molar-refractivity contribution >= 4 is 5.97 Å². The van der Waals surface area contributed by atoms with E-state index < -0.39 is 5.97 Å². The second-order valence-electron chi connectivity index (χ2n) is 5.44. The normalized spacial score (nSPS) is 10.5. The molecule has 3 aromatic rings. The second-order valence-corrected chi connectivity index (χ2v) is 5.44. The van der Waals surface area contributed by atoms with Gasteiger partial charge in [-0.1, -0.05) is 24.2 Å². The largest absolute Gasteiger partial charge is 0.484 e. The monoisotopic (exact) mass is 338 g/mol. The number of aryl methyl sites for hydroxylation is 2. The molecule has 0 N–H and O–H groups in total. The minimum atomic E-state index is -0.391. The molecule has 0 aliphatic carbocycles. The fraction of sp³-hybridized carbons (Fsp3) is 0.211. The maximum Gasteiger partial charge on any atom is 0.343 e. The molecular formula is C19H18N2O4. The molecule has 0 spiro atoms. The van der Waals surface area contributed by atoms with E-state index >= 15 is 0 Å². The van der Waals surface area contributed by atoms with Crippen LogP contribution < -0.4 is 9.47 Å².